The fraction of sp³-hybridized carbons (Fsp3) is 0.526. The predicted octanol–water partition coefficient (Wildman–Crippen LogP) is 3.08. The van der Waals surface area contributed by atoms with Gasteiger partial charge in [-0.15, -0.1) is 0 Å². The second-order valence-electron chi connectivity index (χ2n) is 7.57. The van der Waals surface area contributed by atoms with Crippen LogP contribution in [0.5, 0.6) is 0 Å². The number of hydrogen-bond donors (Lipinski definition) is 0. The van der Waals surface area contributed by atoms with E-state index in [4.69, 9.17) is 4.74 Å². The molecule has 0 N–H and O–H groups in total. The minimum Gasteiger partial charge on any atom is -0.372 e. The van der Waals surface area contributed by atoms with Crippen LogP contribution in [0.4, 0.5) is 8.78 Å². The van der Waals surface area contributed by atoms with E-state index < -0.39 is 21.7 Å². The van der Waals surface area contributed by atoms with Crippen LogP contribution >= 0.6 is 0 Å². The maximum absolute atomic E-state index is 14.2. The molecule has 1 unspecified atom stereocenters. The van der Waals surface area contributed by atoms with Gasteiger partial charge in [0.2, 0.25) is 0 Å². The predicted molar refractivity (Wildman–Crippen MR) is 102 cm³/mol. The summed E-state index contributed by atoms with van der Waals surface area (Å²) in [5.41, 5.74) is 2.11. The van der Waals surface area contributed by atoms with Crippen molar-refractivity contribution in [2.24, 2.45) is 5.92 Å². The van der Waals surface area contributed by atoms with Gasteiger partial charge in [0.25, 0.3) is 10.0 Å². The Balaban J connectivity index is 1.64. The van der Waals surface area contributed by atoms with Crippen LogP contribution in [-0.2, 0) is 27.8 Å². The summed E-state index contributed by atoms with van der Waals surface area (Å²) in [6.07, 6.45) is 5.19. The van der Waals surface area contributed by atoms with Crippen LogP contribution < -0.4 is 0 Å². The average molecular weight is 413 g/mol. The SMILES string of the molecule is C=C(F)/C=C\C(F)=C(/C)[C@H]1OCC(N2Cc3cn(S(C)(=O)=O)nc3C2)C[C@@H]1C. The number of aromatic nitrogens is 2. The van der Waals surface area contributed by atoms with E-state index in [1.165, 1.54) is 0 Å². The highest BCUT2D eigenvalue weighted by Crippen LogP contribution is 2.33. The summed E-state index contributed by atoms with van der Waals surface area (Å²) in [6.45, 7) is 8.35. The molecule has 1 aromatic heterocycles. The van der Waals surface area contributed by atoms with Gasteiger partial charge in [-0.25, -0.2) is 17.2 Å². The van der Waals surface area contributed by atoms with Gasteiger partial charge < -0.3 is 4.74 Å². The summed E-state index contributed by atoms with van der Waals surface area (Å²) in [5.74, 6) is -1.13. The molecule has 3 rings (SSSR count). The van der Waals surface area contributed by atoms with Gasteiger partial charge in [0.1, 0.15) is 11.7 Å². The zero-order valence-corrected chi connectivity index (χ0v) is 17.0. The van der Waals surface area contributed by atoms with E-state index in [1.54, 1.807) is 13.1 Å². The first-order valence-corrected chi connectivity index (χ1v) is 10.9. The van der Waals surface area contributed by atoms with Crippen molar-refractivity contribution in [3.8, 4) is 0 Å². The fourth-order valence-corrected chi connectivity index (χ4v) is 4.38. The highest BCUT2D eigenvalue weighted by molar-refractivity contribution is 7.89. The van der Waals surface area contributed by atoms with Crippen LogP contribution in [0.2, 0.25) is 0 Å². The highest BCUT2D eigenvalue weighted by Gasteiger charge is 2.36. The molecular formula is C19H25F2N3O3S. The zero-order valence-electron chi connectivity index (χ0n) is 16.2. The minimum absolute atomic E-state index is 0.0790. The zero-order chi connectivity index (χ0) is 20.6. The van der Waals surface area contributed by atoms with Gasteiger partial charge in [-0.3, -0.25) is 4.90 Å². The molecule has 154 valence electrons. The molecule has 2 aliphatic heterocycles. The molecular weight excluding hydrogens is 388 g/mol. The fourth-order valence-electron chi connectivity index (χ4n) is 3.82. The lowest BCUT2D eigenvalue weighted by Crippen LogP contribution is -2.44. The summed E-state index contributed by atoms with van der Waals surface area (Å²) < 4.78 is 57.1. The first kappa shape index (κ1) is 20.9. The van der Waals surface area contributed by atoms with Gasteiger partial charge in [-0.1, -0.05) is 13.5 Å². The van der Waals surface area contributed by atoms with Gasteiger partial charge in [-0.2, -0.15) is 9.19 Å². The van der Waals surface area contributed by atoms with Crippen molar-refractivity contribution in [3.05, 3.63) is 53.4 Å². The summed E-state index contributed by atoms with van der Waals surface area (Å²) >= 11 is 0. The van der Waals surface area contributed by atoms with Crippen LogP contribution in [0.15, 0.2) is 42.2 Å². The molecule has 3 atom stereocenters. The lowest BCUT2D eigenvalue weighted by atomic mass is 9.88. The molecule has 0 amide bonds. The molecule has 6 nitrogen and oxygen atoms in total. The Morgan fingerprint density at radius 1 is 1.36 bits per heavy atom. The molecule has 0 aromatic carbocycles. The number of halogens is 2. The average Bonchev–Trinajstić information content (AvgIpc) is 3.17. The molecule has 2 aliphatic rings. The molecule has 9 heteroatoms. The lowest BCUT2D eigenvalue weighted by molar-refractivity contribution is -0.0525. The van der Waals surface area contributed by atoms with E-state index in [0.717, 1.165) is 40.2 Å². The van der Waals surface area contributed by atoms with Crippen molar-refractivity contribution in [1.82, 2.24) is 14.1 Å². The first-order chi connectivity index (χ1) is 13.1. The van der Waals surface area contributed by atoms with Gasteiger partial charge in [0.15, 0.2) is 0 Å². The Morgan fingerprint density at radius 3 is 2.64 bits per heavy atom. The topological polar surface area (TPSA) is 64.4 Å². The van der Waals surface area contributed by atoms with Gasteiger partial charge in [0, 0.05) is 30.9 Å². The monoisotopic (exact) mass is 413 g/mol. The van der Waals surface area contributed by atoms with Gasteiger partial charge in [-0.05, 0) is 37.0 Å². The third-order valence-electron chi connectivity index (χ3n) is 5.28. The summed E-state index contributed by atoms with van der Waals surface area (Å²) in [7, 11) is -3.38. The third-order valence-corrected chi connectivity index (χ3v) is 6.15. The molecule has 1 saturated heterocycles. The maximum Gasteiger partial charge on any atom is 0.250 e. The van der Waals surface area contributed by atoms with E-state index in [1.807, 2.05) is 6.92 Å². The van der Waals surface area contributed by atoms with Crippen molar-refractivity contribution in [2.75, 3.05) is 12.9 Å². The number of nitrogens with zero attached hydrogens (tertiary/aromatic N) is 3. The molecule has 0 aliphatic carbocycles. The Labute approximate surface area is 164 Å². The Kier molecular flexibility index (Phi) is 5.88. The molecule has 1 aromatic rings. The van der Waals surface area contributed by atoms with Crippen LogP contribution in [0.25, 0.3) is 0 Å². The molecule has 1 fully saturated rings. The normalized spacial score (nSPS) is 27.1. The highest BCUT2D eigenvalue weighted by atomic mass is 32.2. The second kappa shape index (κ2) is 7.88. The summed E-state index contributed by atoms with van der Waals surface area (Å²) in [4.78, 5) is 2.21. The largest absolute Gasteiger partial charge is 0.372 e. The van der Waals surface area contributed by atoms with Crippen LogP contribution in [0, 0.1) is 5.92 Å². The van der Waals surface area contributed by atoms with Crippen LogP contribution in [-0.4, -0.2) is 47.5 Å². The Bertz CT molecular complexity index is 913. The van der Waals surface area contributed by atoms with E-state index in [-0.39, 0.29) is 18.1 Å². The summed E-state index contributed by atoms with van der Waals surface area (Å²) in [6, 6.07) is 0.143. The number of allylic oxidation sites excluding steroid dienone is 4. The maximum atomic E-state index is 14.2. The van der Waals surface area contributed by atoms with Crippen LogP contribution in [0.3, 0.4) is 0 Å². The standard InChI is InChI=1S/C19H25F2N3O3S/c1-12-7-16(11-27-19(12)14(3)17(21)6-5-13(2)20)23-8-15-9-24(28(4,25)26)22-18(15)10-23/h5-6,9,12,16,19H,2,7-8,10-11H2,1,3-4H3/b6-5-,17-14-/t12-,16?,19-/m0/s1. The second-order valence-corrected chi connectivity index (χ2v) is 9.41. The quantitative estimate of drug-likeness (QED) is 0.694. The van der Waals surface area contributed by atoms with E-state index >= 15 is 0 Å². The Hall–Kier alpha value is -1.84. The smallest absolute Gasteiger partial charge is 0.250 e. The van der Waals surface area contributed by atoms with Crippen molar-refractivity contribution >= 4 is 10.0 Å². The van der Waals surface area contributed by atoms with Crippen molar-refractivity contribution in [2.45, 2.75) is 45.5 Å². The summed E-state index contributed by atoms with van der Waals surface area (Å²) in [5, 5.41) is 4.17. The van der Waals surface area contributed by atoms with Crippen LogP contribution in [0.1, 0.15) is 31.5 Å². The Morgan fingerprint density at radius 2 is 2.07 bits per heavy atom. The van der Waals surface area contributed by atoms with E-state index in [0.29, 0.717) is 25.3 Å². The molecule has 0 radical (unpaired) electrons. The molecule has 0 saturated carbocycles. The number of ether oxygens (including phenoxy) is 1. The van der Waals surface area contributed by atoms with E-state index in [9.17, 15) is 17.2 Å². The first-order valence-electron chi connectivity index (χ1n) is 9.08. The molecule has 0 bridgehead atoms. The van der Waals surface area contributed by atoms with Crippen molar-refractivity contribution in [3.63, 3.8) is 0 Å². The molecule has 28 heavy (non-hydrogen) atoms. The van der Waals surface area contributed by atoms with Crippen molar-refractivity contribution < 1.29 is 21.9 Å². The lowest BCUT2D eigenvalue weighted by Gasteiger charge is -2.39. The minimum atomic E-state index is -3.38. The van der Waals surface area contributed by atoms with Gasteiger partial charge in [0.05, 0.1) is 24.7 Å². The molecule has 0 spiro atoms. The third kappa shape index (κ3) is 4.42. The number of rotatable bonds is 5. The number of fused-ring (bicyclic) bond motifs is 1. The number of hydrogen-bond acceptors (Lipinski definition) is 5. The van der Waals surface area contributed by atoms with E-state index in [2.05, 4.69) is 16.6 Å². The van der Waals surface area contributed by atoms with Crippen molar-refractivity contribution in [1.29, 1.82) is 0 Å². The molecule has 3 heterocycles. The van der Waals surface area contributed by atoms with Gasteiger partial charge >= 0.3 is 0 Å².